The Morgan fingerprint density at radius 2 is 1.86 bits per heavy atom. The van der Waals surface area contributed by atoms with Crippen molar-refractivity contribution in [1.82, 2.24) is 10.6 Å². The van der Waals surface area contributed by atoms with E-state index in [1.54, 1.807) is 13.8 Å². The van der Waals surface area contributed by atoms with Gasteiger partial charge in [0, 0.05) is 6.04 Å². The number of benzene rings is 1. The number of ether oxygens (including phenoxy) is 1. The number of halogens is 2. The fourth-order valence-electron chi connectivity index (χ4n) is 1.30. The maximum absolute atomic E-state index is 11.7. The van der Waals surface area contributed by atoms with Crippen LogP contribution in [0, 0.1) is 0 Å². The molecule has 114 valence electrons. The molecular weight excluding hydrogens is 319 g/mol. The predicted octanol–water partition coefficient (Wildman–Crippen LogP) is 2.38. The summed E-state index contributed by atoms with van der Waals surface area (Å²) in [6.07, 6.45) is 0. The van der Waals surface area contributed by atoms with Crippen LogP contribution in [0.4, 0.5) is 4.79 Å². The molecule has 0 aliphatic heterocycles. The van der Waals surface area contributed by atoms with Gasteiger partial charge in [-0.2, -0.15) is 0 Å². The lowest BCUT2D eigenvalue weighted by Crippen LogP contribution is -2.44. The number of imide groups is 1. The van der Waals surface area contributed by atoms with Gasteiger partial charge in [0.2, 0.25) is 0 Å². The van der Waals surface area contributed by atoms with Crippen molar-refractivity contribution in [2.45, 2.75) is 19.9 Å². The van der Waals surface area contributed by atoms with E-state index in [9.17, 15) is 14.4 Å². The van der Waals surface area contributed by atoms with Crippen LogP contribution in [0.3, 0.4) is 0 Å². The van der Waals surface area contributed by atoms with Crippen LogP contribution in [-0.2, 0) is 9.53 Å². The average molecular weight is 333 g/mol. The van der Waals surface area contributed by atoms with Gasteiger partial charge in [-0.25, -0.2) is 9.59 Å². The number of urea groups is 1. The van der Waals surface area contributed by atoms with Crippen molar-refractivity contribution in [2.75, 3.05) is 6.61 Å². The van der Waals surface area contributed by atoms with E-state index in [-0.39, 0.29) is 16.6 Å². The van der Waals surface area contributed by atoms with Gasteiger partial charge >= 0.3 is 12.0 Å². The Morgan fingerprint density at radius 3 is 2.43 bits per heavy atom. The lowest BCUT2D eigenvalue weighted by molar-refractivity contribution is -0.123. The number of carbonyl (C=O) groups is 3. The molecule has 0 bridgehead atoms. The van der Waals surface area contributed by atoms with Gasteiger partial charge in [0.1, 0.15) is 0 Å². The molecule has 0 fully saturated rings. The van der Waals surface area contributed by atoms with Gasteiger partial charge in [0.25, 0.3) is 5.91 Å². The number of hydrogen-bond acceptors (Lipinski definition) is 4. The van der Waals surface area contributed by atoms with Crippen LogP contribution in [0.15, 0.2) is 18.2 Å². The summed E-state index contributed by atoms with van der Waals surface area (Å²) in [4.78, 5) is 34.3. The summed E-state index contributed by atoms with van der Waals surface area (Å²) in [5.41, 5.74) is 0.156. The van der Waals surface area contributed by atoms with Gasteiger partial charge in [-0.1, -0.05) is 23.2 Å². The van der Waals surface area contributed by atoms with Crippen molar-refractivity contribution in [1.29, 1.82) is 0 Å². The Balaban J connectivity index is 2.47. The highest BCUT2D eigenvalue weighted by atomic mass is 35.5. The molecule has 0 radical (unpaired) electrons. The molecule has 1 aromatic carbocycles. The van der Waals surface area contributed by atoms with E-state index in [0.717, 1.165) is 0 Å². The molecule has 1 rings (SSSR count). The third kappa shape index (κ3) is 6.01. The Hall–Kier alpha value is -1.79. The van der Waals surface area contributed by atoms with Crippen molar-refractivity contribution in [3.63, 3.8) is 0 Å². The third-order valence-corrected chi connectivity index (χ3v) is 2.90. The minimum atomic E-state index is -0.743. The first kappa shape index (κ1) is 17.3. The van der Waals surface area contributed by atoms with Gasteiger partial charge in [0.15, 0.2) is 6.61 Å². The molecule has 0 atom stereocenters. The number of esters is 1. The van der Waals surface area contributed by atoms with Crippen molar-refractivity contribution in [3.8, 4) is 0 Å². The third-order valence-electron chi connectivity index (χ3n) is 2.16. The van der Waals surface area contributed by atoms with Gasteiger partial charge < -0.3 is 10.1 Å². The molecule has 21 heavy (non-hydrogen) atoms. The molecule has 0 saturated heterocycles. The first-order valence-corrected chi connectivity index (χ1v) is 6.77. The minimum absolute atomic E-state index is 0.114. The fourth-order valence-corrected chi connectivity index (χ4v) is 1.60. The molecule has 1 aromatic rings. The summed E-state index contributed by atoms with van der Waals surface area (Å²) in [7, 11) is 0. The molecule has 0 aliphatic carbocycles. The molecule has 0 spiro atoms. The molecule has 0 aromatic heterocycles. The highest BCUT2D eigenvalue weighted by Gasteiger charge is 2.13. The number of hydrogen-bond donors (Lipinski definition) is 2. The zero-order valence-electron chi connectivity index (χ0n) is 11.4. The molecule has 0 unspecified atom stereocenters. The quantitative estimate of drug-likeness (QED) is 0.829. The van der Waals surface area contributed by atoms with Gasteiger partial charge in [0.05, 0.1) is 15.6 Å². The Morgan fingerprint density at radius 1 is 1.19 bits per heavy atom. The summed E-state index contributed by atoms with van der Waals surface area (Å²) in [5.74, 6) is -1.48. The Bertz CT molecular complexity index is 561. The SMILES string of the molecule is CC(C)NC(=O)NC(=O)COC(=O)c1ccc(Cl)c(Cl)c1. The molecule has 6 nitrogen and oxygen atoms in total. The molecular formula is C13H14Cl2N2O4. The van der Waals surface area contributed by atoms with E-state index in [1.807, 2.05) is 5.32 Å². The maximum Gasteiger partial charge on any atom is 0.338 e. The summed E-state index contributed by atoms with van der Waals surface area (Å²) in [6.45, 7) is 2.91. The second-order valence-corrected chi connectivity index (χ2v) is 5.20. The normalized spacial score (nSPS) is 10.1. The number of nitrogens with one attached hydrogen (secondary N) is 2. The van der Waals surface area contributed by atoms with Crippen molar-refractivity contribution in [2.24, 2.45) is 0 Å². The van der Waals surface area contributed by atoms with Gasteiger partial charge in [-0.05, 0) is 32.0 Å². The average Bonchev–Trinajstić information content (AvgIpc) is 2.38. The fraction of sp³-hybridized carbons (Fsp3) is 0.308. The standard InChI is InChI=1S/C13H14Cl2N2O4/c1-7(2)16-13(20)17-11(18)6-21-12(19)8-3-4-9(14)10(15)5-8/h3-5,7H,6H2,1-2H3,(H2,16,17,18,20). The van der Waals surface area contributed by atoms with Crippen LogP contribution in [-0.4, -0.2) is 30.6 Å². The van der Waals surface area contributed by atoms with Crippen molar-refractivity contribution >= 4 is 41.1 Å². The molecule has 0 saturated carbocycles. The highest BCUT2D eigenvalue weighted by molar-refractivity contribution is 6.42. The summed E-state index contributed by atoms with van der Waals surface area (Å²) in [5, 5.41) is 4.99. The lowest BCUT2D eigenvalue weighted by Gasteiger charge is -2.09. The van der Waals surface area contributed by atoms with Crippen LogP contribution in [0.1, 0.15) is 24.2 Å². The van der Waals surface area contributed by atoms with Crippen molar-refractivity contribution < 1.29 is 19.1 Å². The zero-order chi connectivity index (χ0) is 16.0. The summed E-state index contributed by atoms with van der Waals surface area (Å²) < 4.78 is 4.76. The second kappa shape index (κ2) is 7.85. The molecule has 3 amide bonds. The van der Waals surface area contributed by atoms with Crippen LogP contribution in [0.5, 0.6) is 0 Å². The first-order chi connectivity index (χ1) is 9.79. The Kier molecular flexibility index (Phi) is 6.45. The molecule has 0 heterocycles. The van der Waals surface area contributed by atoms with Crippen LogP contribution >= 0.6 is 23.2 Å². The maximum atomic E-state index is 11.7. The molecule has 2 N–H and O–H groups in total. The van der Waals surface area contributed by atoms with Gasteiger partial charge in [-0.15, -0.1) is 0 Å². The van der Waals surface area contributed by atoms with E-state index in [2.05, 4.69) is 5.32 Å². The summed E-state index contributed by atoms with van der Waals surface area (Å²) in [6, 6.07) is 3.42. The predicted molar refractivity (Wildman–Crippen MR) is 78.6 cm³/mol. The lowest BCUT2D eigenvalue weighted by atomic mass is 10.2. The topological polar surface area (TPSA) is 84.5 Å². The van der Waals surface area contributed by atoms with E-state index in [0.29, 0.717) is 5.02 Å². The van der Waals surface area contributed by atoms with Crippen LogP contribution < -0.4 is 10.6 Å². The highest BCUT2D eigenvalue weighted by Crippen LogP contribution is 2.22. The Labute approximate surface area is 131 Å². The van der Waals surface area contributed by atoms with E-state index >= 15 is 0 Å². The van der Waals surface area contributed by atoms with E-state index in [4.69, 9.17) is 27.9 Å². The minimum Gasteiger partial charge on any atom is -0.452 e. The van der Waals surface area contributed by atoms with E-state index < -0.39 is 24.5 Å². The largest absolute Gasteiger partial charge is 0.452 e. The van der Waals surface area contributed by atoms with Gasteiger partial charge in [-0.3, -0.25) is 10.1 Å². The molecule has 8 heteroatoms. The van der Waals surface area contributed by atoms with Crippen LogP contribution in [0.25, 0.3) is 0 Å². The first-order valence-electron chi connectivity index (χ1n) is 6.02. The zero-order valence-corrected chi connectivity index (χ0v) is 12.9. The number of amides is 3. The smallest absolute Gasteiger partial charge is 0.338 e. The summed E-state index contributed by atoms with van der Waals surface area (Å²) >= 11 is 11.5. The number of rotatable bonds is 4. The second-order valence-electron chi connectivity index (χ2n) is 4.38. The van der Waals surface area contributed by atoms with E-state index in [1.165, 1.54) is 18.2 Å². The monoisotopic (exact) mass is 332 g/mol. The molecule has 0 aliphatic rings. The van der Waals surface area contributed by atoms with Crippen molar-refractivity contribution in [3.05, 3.63) is 33.8 Å². The number of carbonyl (C=O) groups excluding carboxylic acids is 3. The van der Waals surface area contributed by atoms with Crippen LogP contribution in [0.2, 0.25) is 10.0 Å².